The maximum atomic E-state index is 14.8. The summed E-state index contributed by atoms with van der Waals surface area (Å²) >= 11 is 2.98. The first-order valence-electron chi connectivity index (χ1n) is 34.8. The van der Waals surface area contributed by atoms with Gasteiger partial charge in [-0.25, -0.2) is 24.5 Å². The third-order valence-electron chi connectivity index (χ3n) is 19.0. The van der Waals surface area contributed by atoms with Gasteiger partial charge in [-0.15, -0.1) is 23.1 Å². The number of ether oxygens (including phenoxy) is 3. The topological polar surface area (TPSA) is 318 Å². The lowest BCUT2D eigenvalue weighted by Gasteiger charge is -2.41. The van der Waals surface area contributed by atoms with Crippen LogP contribution in [0.4, 0.5) is 15.3 Å². The number of methoxy groups -OCH3 is 2. The highest BCUT2D eigenvalue weighted by molar-refractivity contribution is 7.98. The van der Waals surface area contributed by atoms with E-state index in [4.69, 9.17) is 19.9 Å². The number of unbranched alkanes of at least 4 members (excludes halogenated alkanes) is 3. The van der Waals surface area contributed by atoms with Gasteiger partial charge in [0.2, 0.25) is 23.6 Å². The van der Waals surface area contributed by atoms with Crippen LogP contribution in [0, 0.1) is 35.5 Å². The Bertz CT molecular complexity index is 3250. The maximum absolute atomic E-state index is 14.8. The summed E-state index contributed by atoms with van der Waals surface area (Å²) in [6.07, 6.45) is 10.8. The van der Waals surface area contributed by atoms with E-state index in [1.54, 1.807) is 69.6 Å². The van der Waals surface area contributed by atoms with Gasteiger partial charge in [-0.2, -0.15) is 0 Å². The second-order valence-electron chi connectivity index (χ2n) is 27.4. The van der Waals surface area contributed by atoms with Gasteiger partial charge in [-0.1, -0.05) is 110 Å². The smallest absolute Gasteiger partial charge is 0.408 e. The fraction of sp³-hybridized carbons (Fsp3) is 0.608. The number of carbonyl (C=O) groups is 10. The number of nitrogens with two attached hydrogens (primary N) is 1. The number of thiazole rings is 1. The molecule has 7 amide bonds. The molecular formula is C74H108N10O13S2. The number of primary amides is 1. The average Bonchev–Trinajstić information content (AvgIpc) is 1.76. The van der Waals surface area contributed by atoms with Gasteiger partial charge >= 0.3 is 12.1 Å². The van der Waals surface area contributed by atoms with Crippen molar-refractivity contribution in [1.29, 1.82) is 0 Å². The summed E-state index contributed by atoms with van der Waals surface area (Å²) in [5.74, 6) is -5.00. The highest BCUT2D eigenvalue weighted by atomic mass is 32.2. The normalized spacial score (nSPS) is 15.9. The quantitative estimate of drug-likeness (QED) is 0.0156. The summed E-state index contributed by atoms with van der Waals surface area (Å²) < 4.78 is 17.8. The Kier molecular flexibility index (Phi) is 34.3. The van der Waals surface area contributed by atoms with Crippen LogP contribution in [0.25, 0.3) is 0 Å². The predicted molar refractivity (Wildman–Crippen MR) is 384 cm³/mol. The Hall–Kier alpha value is -7.48. The van der Waals surface area contributed by atoms with Gasteiger partial charge in [0, 0.05) is 107 Å². The fourth-order valence-corrected chi connectivity index (χ4v) is 13.9. The summed E-state index contributed by atoms with van der Waals surface area (Å²) in [6, 6.07) is 14.1. The van der Waals surface area contributed by atoms with Crippen molar-refractivity contribution < 1.29 is 62.2 Å². The molecule has 25 heteroatoms. The Morgan fingerprint density at radius 2 is 1.49 bits per heavy atom. The first kappa shape index (κ1) is 82.2. The van der Waals surface area contributed by atoms with Gasteiger partial charge in [0.25, 0.3) is 0 Å². The van der Waals surface area contributed by atoms with Crippen molar-refractivity contribution >= 4 is 87.7 Å². The number of ketones is 4. The number of thioether (sulfide) groups is 1. The summed E-state index contributed by atoms with van der Waals surface area (Å²) in [4.78, 5) is 153. The average molecular weight is 1410 g/mol. The van der Waals surface area contributed by atoms with Crippen LogP contribution in [0.15, 0.2) is 83.6 Å². The lowest BCUT2D eigenvalue weighted by Crippen LogP contribution is -2.55. The molecule has 5 rings (SSSR count). The molecule has 0 spiro atoms. The summed E-state index contributed by atoms with van der Waals surface area (Å²) in [5, 5.41) is 14.5. The lowest BCUT2D eigenvalue weighted by atomic mass is 9.83. The van der Waals surface area contributed by atoms with Crippen molar-refractivity contribution in [3.8, 4) is 0 Å². The number of likely N-dealkylation sites (tertiary alicyclic amines) is 1. The number of nitrogens with one attached hydrogen (secondary N) is 4. The van der Waals surface area contributed by atoms with E-state index in [0.29, 0.717) is 74.9 Å². The molecule has 544 valence electrons. The van der Waals surface area contributed by atoms with E-state index >= 15 is 0 Å². The molecule has 1 aliphatic heterocycles. The number of nitrogens with zero attached hydrogens (tertiary/aromatic N) is 5. The predicted octanol–water partition coefficient (Wildman–Crippen LogP) is 11.1. The Balaban J connectivity index is 1.13. The molecule has 6 N–H and O–H groups in total. The van der Waals surface area contributed by atoms with Crippen molar-refractivity contribution in [1.82, 2.24) is 40.7 Å². The summed E-state index contributed by atoms with van der Waals surface area (Å²) in [7, 11) is 4.81. The second-order valence-corrected chi connectivity index (χ2v) is 29.1. The van der Waals surface area contributed by atoms with Crippen molar-refractivity contribution in [3.63, 3.8) is 0 Å². The molecule has 1 fully saturated rings. The molecule has 23 nitrogen and oxygen atoms in total. The van der Waals surface area contributed by atoms with Crippen LogP contribution in [0.5, 0.6) is 0 Å². The molecule has 1 saturated heterocycles. The molecule has 10 atom stereocenters. The van der Waals surface area contributed by atoms with Crippen LogP contribution in [-0.4, -0.2) is 160 Å². The van der Waals surface area contributed by atoms with Gasteiger partial charge < -0.3 is 51.0 Å². The largest absolute Gasteiger partial charge is 0.445 e. The van der Waals surface area contributed by atoms with Gasteiger partial charge in [0.15, 0.2) is 17.3 Å². The number of benzene rings is 2. The number of rotatable bonds is 44. The second kappa shape index (κ2) is 41.3. The SMILES string of the molecule is CC[C@H](C)[C@@H]([C@@H](CC(=O)N1CCC[C@H]1[C@H](OC)[C@@H](C)C(=O)C[C@@H](Cc1ccccc1)c1nccs1)OC)N(C)C(=O)[C@@H](CC(=O)C(C)(C)NC(=O)OCc1ccc(NC(=O)[C@H](CCCNC(N)=O)CC(=O)[C@@H](NC(=O)CCCCCCC(=O)c2cnc(SC)cn2)C(C)C)cc1)C(C)C. The van der Waals surface area contributed by atoms with E-state index in [1.807, 2.05) is 83.2 Å². The number of alkyl carbamates (subject to hydrolysis) is 1. The molecule has 1 aliphatic rings. The number of likely N-dealkylation sites (N-methyl/N-ethyl adjacent to an activating group) is 1. The first-order valence-corrected chi connectivity index (χ1v) is 36.9. The van der Waals surface area contributed by atoms with Crippen LogP contribution in [-0.2, 0) is 60.8 Å². The highest BCUT2D eigenvalue weighted by Gasteiger charge is 2.44. The monoisotopic (exact) mass is 1410 g/mol. The van der Waals surface area contributed by atoms with Crippen LogP contribution in [0.1, 0.15) is 191 Å². The number of hydrogen-bond acceptors (Lipinski definition) is 18. The van der Waals surface area contributed by atoms with Crippen molar-refractivity contribution in [2.24, 2.45) is 41.2 Å². The number of amides is 7. The number of carbonyl (C=O) groups excluding carboxylic acids is 10. The molecule has 3 heterocycles. The van der Waals surface area contributed by atoms with E-state index in [1.165, 1.54) is 36.4 Å². The van der Waals surface area contributed by atoms with Crippen LogP contribution < -0.4 is 27.0 Å². The van der Waals surface area contributed by atoms with E-state index in [-0.39, 0.29) is 116 Å². The number of aromatic nitrogens is 3. The minimum atomic E-state index is -1.47. The Morgan fingerprint density at radius 3 is 2.09 bits per heavy atom. The number of Topliss-reactive ketones (excluding diaryl/α,β-unsaturated/α-hetero) is 4. The van der Waals surface area contributed by atoms with Gasteiger partial charge in [0.1, 0.15) is 23.1 Å². The zero-order chi connectivity index (χ0) is 72.9. The molecule has 99 heavy (non-hydrogen) atoms. The molecule has 2 aromatic carbocycles. The molecule has 2 aromatic heterocycles. The van der Waals surface area contributed by atoms with Crippen LogP contribution in [0.2, 0.25) is 0 Å². The van der Waals surface area contributed by atoms with E-state index in [2.05, 4.69) is 48.4 Å². The third-order valence-corrected chi connectivity index (χ3v) is 20.6. The highest BCUT2D eigenvalue weighted by Crippen LogP contribution is 2.34. The van der Waals surface area contributed by atoms with E-state index in [0.717, 1.165) is 28.4 Å². The lowest BCUT2D eigenvalue weighted by molar-refractivity contribution is -0.149. The molecule has 0 aliphatic carbocycles. The number of hydrogen-bond donors (Lipinski definition) is 5. The summed E-state index contributed by atoms with van der Waals surface area (Å²) in [6.45, 7) is 16.8. The van der Waals surface area contributed by atoms with Crippen LogP contribution >= 0.6 is 23.1 Å². The summed E-state index contributed by atoms with van der Waals surface area (Å²) in [5.41, 5.74) is 6.20. The van der Waals surface area contributed by atoms with Crippen molar-refractivity contribution in [3.05, 3.63) is 100 Å². The number of anilines is 1. The zero-order valence-electron chi connectivity index (χ0n) is 60.3. The zero-order valence-corrected chi connectivity index (χ0v) is 61.9. The fourth-order valence-electron chi connectivity index (χ4n) is 12.9. The molecule has 0 saturated carbocycles. The van der Waals surface area contributed by atoms with E-state index < -0.39 is 71.4 Å². The van der Waals surface area contributed by atoms with Gasteiger partial charge in [-0.05, 0) is 106 Å². The van der Waals surface area contributed by atoms with Crippen molar-refractivity contribution in [2.45, 2.75) is 218 Å². The molecule has 0 bridgehead atoms. The minimum Gasteiger partial charge on any atom is -0.445 e. The first-order chi connectivity index (χ1) is 47.1. The Morgan fingerprint density at radius 1 is 0.798 bits per heavy atom. The Labute approximate surface area is 593 Å². The molecular weight excluding hydrogens is 1300 g/mol. The molecule has 0 unspecified atom stereocenters. The van der Waals surface area contributed by atoms with E-state index in [9.17, 15) is 47.9 Å². The standard InChI is InChI=1S/C74H108N10O13S2/c1-14-48(6)67(61(95-11)42-65(90)84-36-23-27-57(84)68(96-12)49(7)59(86)40-53(70-76-35-37-99-70)38-50-24-18-17-19-25-50)83(10)71(92)55(46(2)3)41-62(88)74(8,9)82-73(94)97-45-51-30-32-54(33-31-51)80-69(91)52(26-22-34-77-72(75)93)39-60(87)66(47(4)5)81-63(89)29-21-16-15-20-28-58(85)56-43-79-64(98-13)44-78-56/h17-19,24-25,30-33,35,37,43-44,46-49,52-53,55,57,61,66-68H,14-16,20-23,26-29,34,36,38-42,45H2,1-13H3,(H,80,91)(H,81,89)(H,82,94)(H3,75,77,93)/t48-,49-,52+,53+,55-,57-,61+,66-,67-,68+/m0/s1. The van der Waals surface area contributed by atoms with Crippen molar-refractivity contribution in [2.75, 3.05) is 45.9 Å². The third kappa shape index (κ3) is 25.9. The minimum absolute atomic E-state index is 0.0357. The molecule has 0 radical (unpaired) electrons. The van der Waals surface area contributed by atoms with Gasteiger partial charge in [0.05, 0.1) is 59.7 Å². The molecule has 4 aromatic rings. The van der Waals surface area contributed by atoms with Gasteiger partial charge in [-0.3, -0.25) is 38.4 Å². The van der Waals surface area contributed by atoms with Crippen LogP contribution in [0.3, 0.4) is 0 Å². The maximum Gasteiger partial charge on any atom is 0.408 e. The number of urea groups is 1.